The minimum absolute atomic E-state index is 0.773. The molecule has 0 N–H and O–H groups in total. The predicted molar refractivity (Wildman–Crippen MR) is 144 cm³/mol. The molecule has 1 aromatic carbocycles. The molecule has 1 atom stereocenters. The average molecular weight is 463 g/mol. The summed E-state index contributed by atoms with van der Waals surface area (Å²) in [6.45, 7) is 21.2. The number of hydrogen-bond donors (Lipinski definition) is 0. The molecule has 4 fully saturated rings. The van der Waals surface area contributed by atoms with Crippen molar-refractivity contribution in [2.45, 2.75) is 70.4 Å². The Balaban J connectivity index is 1.14. The fourth-order valence-corrected chi connectivity index (χ4v) is 6.88. The monoisotopic (exact) mass is 462 g/mol. The molecule has 0 aromatic heterocycles. The van der Waals surface area contributed by atoms with Crippen LogP contribution in [-0.2, 0) is 0 Å². The van der Waals surface area contributed by atoms with Crippen LogP contribution >= 0.6 is 0 Å². The maximum atomic E-state index is 4.53. The Hall–Kier alpha value is -1.78. The van der Waals surface area contributed by atoms with Crippen molar-refractivity contribution in [1.29, 1.82) is 0 Å². The van der Waals surface area contributed by atoms with E-state index in [4.69, 9.17) is 0 Å². The molecule has 34 heavy (non-hydrogen) atoms. The lowest BCUT2D eigenvalue weighted by atomic mass is 9.99. The Bertz CT molecular complexity index is 841. The van der Waals surface area contributed by atoms with Gasteiger partial charge in [-0.3, -0.25) is 4.90 Å². The number of rotatable bonds is 7. The summed E-state index contributed by atoms with van der Waals surface area (Å²) in [6, 6.07) is 10.5. The van der Waals surface area contributed by atoms with Gasteiger partial charge in [-0.25, -0.2) is 0 Å². The fourth-order valence-electron chi connectivity index (χ4n) is 6.88. The second-order valence-corrected chi connectivity index (χ2v) is 11.2. The molecule has 4 heterocycles. The first-order valence-electron chi connectivity index (χ1n) is 14.1. The maximum absolute atomic E-state index is 4.53. The van der Waals surface area contributed by atoms with Crippen molar-refractivity contribution in [3.63, 3.8) is 0 Å². The van der Waals surface area contributed by atoms with E-state index in [0.29, 0.717) is 0 Å². The van der Waals surface area contributed by atoms with Crippen molar-refractivity contribution in [3.8, 4) is 0 Å². The Labute approximate surface area is 208 Å². The first kappa shape index (κ1) is 23.9. The predicted octanol–water partition coefficient (Wildman–Crippen LogP) is 5.38. The molecule has 0 saturated carbocycles. The Morgan fingerprint density at radius 1 is 0.735 bits per heavy atom. The molecule has 1 unspecified atom stereocenters. The van der Waals surface area contributed by atoms with Crippen LogP contribution < -0.4 is 0 Å². The fraction of sp³-hybridized carbons (Fsp3) is 0.667. The summed E-state index contributed by atoms with van der Waals surface area (Å²) in [7, 11) is 0. The molecule has 4 aliphatic rings. The molecule has 0 bridgehead atoms. The molecular weight excluding hydrogens is 416 g/mol. The third-order valence-electron chi connectivity index (χ3n) is 9.29. The minimum atomic E-state index is 0.773. The number of benzene rings is 1. The first-order valence-corrected chi connectivity index (χ1v) is 14.1. The van der Waals surface area contributed by atoms with E-state index >= 15 is 0 Å². The summed E-state index contributed by atoms with van der Waals surface area (Å²) in [5, 5.41) is 0. The second kappa shape index (κ2) is 10.9. The Morgan fingerprint density at radius 3 is 1.76 bits per heavy atom. The molecule has 0 amide bonds. The van der Waals surface area contributed by atoms with Crippen LogP contribution in [0.15, 0.2) is 37.4 Å². The highest BCUT2D eigenvalue weighted by molar-refractivity contribution is 5.69. The van der Waals surface area contributed by atoms with Crippen LogP contribution in [0.3, 0.4) is 0 Å². The van der Waals surface area contributed by atoms with Gasteiger partial charge < -0.3 is 14.7 Å². The standard InChI is InChI=1S/C30H46N4/c1-4-26-10-17-34(23-26)30-13-20-32(21-14-30)25(3)28-9-7-8-27(22-28)24(2)31-18-11-29(12-19-31)33-15-5-6-16-33/h7-9,22,26,29-30H,2-6,10-21,23H2,1H3. The van der Waals surface area contributed by atoms with Gasteiger partial charge in [0, 0.05) is 56.2 Å². The molecule has 5 rings (SSSR count). The van der Waals surface area contributed by atoms with E-state index in [1.165, 1.54) is 100 Å². The van der Waals surface area contributed by atoms with Gasteiger partial charge in [-0.05, 0) is 87.7 Å². The van der Waals surface area contributed by atoms with Crippen molar-refractivity contribution in [3.05, 3.63) is 48.6 Å². The molecule has 186 valence electrons. The third kappa shape index (κ3) is 5.23. The molecule has 0 radical (unpaired) electrons. The van der Waals surface area contributed by atoms with Crippen LogP contribution in [0.5, 0.6) is 0 Å². The molecule has 4 nitrogen and oxygen atoms in total. The number of likely N-dealkylation sites (tertiary alicyclic amines) is 4. The van der Waals surface area contributed by atoms with Crippen molar-refractivity contribution >= 4 is 11.4 Å². The van der Waals surface area contributed by atoms with Crippen LogP contribution in [0.4, 0.5) is 0 Å². The highest BCUT2D eigenvalue weighted by Crippen LogP contribution is 2.31. The van der Waals surface area contributed by atoms with Gasteiger partial charge in [0.05, 0.1) is 0 Å². The van der Waals surface area contributed by atoms with E-state index in [1.807, 2.05) is 0 Å². The van der Waals surface area contributed by atoms with Gasteiger partial charge in [0.1, 0.15) is 0 Å². The summed E-state index contributed by atoms with van der Waals surface area (Å²) in [5.74, 6) is 0.926. The van der Waals surface area contributed by atoms with Gasteiger partial charge in [-0.15, -0.1) is 0 Å². The van der Waals surface area contributed by atoms with E-state index in [-0.39, 0.29) is 0 Å². The van der Waals surface area contributed by atoms with E-state index in [2.05, 4.69) is 63.9 Å². The lowest BCUT2D eigenvalue weighted by molar-refractivity contribution is 0.154. The normalized spacial score (nSPS) is 25.9. The lowest BCUT2D eigenvalue weighted by Gasteiger charge is -2.39. The Kier molecular flexibility index (Phi) is 7.65. The Morgan fingerprint density at radius 2 is 1.26 bits per heavy atom. The van der Waals surface area contributed by atoms with Crippen LogP contribution in [0, 0.1) is 5.92 Å². The largest absolute Gasteiger partial charge is 0.371 e. The summed E-state index contributed by atoms with van der Waals surface area (Å²) < 4.78 is 0. The molecule has 4 aliphatic heterocycles. The van der Waals surface area contributed by atoms with Gasteiger partial charge in [0.25, 0.3) is 0 Å². The van der Waals surface area contributed by atoms with Crippen LogP contribution in [0.25, 0.3) is 11.4 Å². The molecule has 1 aromatic rings. The zero-order chi connectivity index (χ0) is 23.5. The van der Waals surface area contributed by atoms with Gasteiger partial charge in [-0.1, -0.05) is 44.7 Å². The lowest BCUT2D eigenvalue weighted by Crippen LogP contribution is -2.43. The smallest absolute Gasteiger partial charge is 0.0367 e. The van der Waals surface area contributed by atoms with Crippen molar-refractivity contribution in [1.82, 2.24) is 19.6 Å². The first-order chi connectivity index (χ1) is 16.6. The second-order valence-electron chi connectivity index (χ2n) is 11.2. The zero-order valence-electron chi connectivity index (χ0n) is 21.6. The third-order valence-corrected chi connectivity index (χ3v) is 9.29. The van der Waals surface area contributed by atoms with Gasteiger partial charge in [0.15, 0.2) is 0 Å². The van der Waals surface area contributed by atoms with Crippen molar-refractivity contribution in [2.24, 2.45) is 5.92 Å². The topological polar surface area (TPSA) is 13.0 Å². The van der Waals surface area contributed by atoms with Crippen LogP contribution in [0.2, 0.25) is 0 Å². The average Bonchev–Trinajstić information content (AvgIpc) is 3.61. The minimum Gasteiger partial charge on any atom is -0.371 e. The zero-order valence-corrected chi connectivity index (χ0v) is 21.6. The highest BCUT2D eigenvalue weighted by Gasteiger charge is 2.31. The number of hydrogen-bond acceptors (Lipinski definition) is 4. The molecule has 0 spiro atoms. The quantitative estimate of drug-likeness (QED) is 0.539. The summed E-state index contributed by atoms with van der Waals surface area (Å²) in [6.07, 6.45) is 10.6. The van der Waals surface area contributed by atoms with E-state index in [1.54, 1.807) is 0 Å². The number of nitrogens with zero attached hydrogens (tertiary/aromatic N) is 4. The number of piperidine rings is 2. The molecule has 4 saturated heterocycles. The van der Waals surface area contributed by atoms with E-state index in [0.717, 1.165) is 44.2 Å². The van der Waals surface area contributed by atoms with E-state index in [9.17, 15) is 0 Å². The molecule has 0 aliphatic carbocycles. The van der Waals surface area contributed by atoms with Gasteiger partial charge in [0.2, 0.25) is 0 Å². The van der Waals surface area contributed by atoms with Gasteiger partial charge >= 0.3 is 0 Å². The van der Waals surface area contributed by atoms with Crippen molar-refractivity contribution in [2.75, 3.05) is 52.4 Å². The highest BCUT2D eigenvalue weighted by atomic mass is 15.2. The summed E-state index contributed by atoms with van der Waals surface area (Å²) >= 11 is 0. The summed E-state index contributed by atoms with van der Waals surface area (Å²) in [4.78, 5) is 10.5. The molecular formula is C30H46N4. The molecule has 4 heteroatoms. The summed E-state index contributed by atoms with van der Waals surface area (Å²) in [5.41, 5.74) is 4.90. The SMILES string of the molecule is C=C(c1cccc(C(=C)N2CCC(N3CCC(CC)C3)CC2)c1)N1CCC(N2CCCC2)CC1. The van der Waals surface area contributed by atoms with Crippen LogP contribution in [-0.4, -0.2) is 84.0 Å². The van der Waals surface area contributed by atoms with E-state index < -0.39 is 0 Å². The van der Waals surface area contributed by atoms with Crippen LogP contribution in [0.1, 0.15) is 69.4 Å². The maximum Gasteiger partial charge on any atom is 0.0367 e. The van der Waals surface area contributed by atoms with Gasteiger partial charge in [-0.2, -0.15) is 0 Å². The van der Waals surface area contributed by atoms with Crippen molar-refractivity contribution < 1.29 is 0 Å².